The molecule has 23 heavy (non-hydrogen) atoms. The highest BCUT2D eigenvalue weighted by atomic mass is 79.9. The molecule has 0 spiro atoms. The fraction of sp³-hybridized carbons (Fsp3) is 0.0667. The Kier molecular flexibility index (Phi) is 4.63. The molecule has 2 aromatic heterocycles. The Morgan fingerprint density at radius 1 is 1.22 bits per heavy atom. The van der Waals surface area contributed by atoms with Crippen LogP contribution in [0.5, 0.6) is 0 Å². The van der Waals surface area contributed by atoms with Crippen LogP contribution in [0.3, 0.4) is 0 Å². The van der Waals surface area contributed by atoms with Gasteiger partial charge in [0.05, 0.1) is 10.2 Å². The molecule has 0 atom stereocenters. The fourth-order valence-corrected chi connectivity index (χ4v) is 3.28. The third-order valence-electron chi connectivity index (χ3n) is 2.95. The second-order valence-corrected chi connectivity index (χ2v) is 6.58. The zero-order valence-corrected chi connectivity index (χ0v) is 14.1. The minimum atomic E-state index is -0.744. The lowest BCUT2D eigenvalue weighted by Gasteiger charge is -2.04. The maximum Gasteiger partial charge on any atom is 0.315 e. The van der Waals surface area contributed by atoms with E-state index in [0.29, 0.717) is 5.13 Å². The Morgan fingerprint density at radius 3 is 2.87 bits per heavy atom. The molecule has 0 unspecified atom stereocenters. The SMILES string of the molecule is O=C(NCc1cccnc1)C(=O)Nc1nc2ccc(Br)cc2s1. The number of anilines is 1. The zero-order valence-electron chi connectivity index (χ0n) is 11.7. The Balaban J connectivity index is 1.62. The van der Waals surface area contributed by atoms with Gasteiger partial charge in [0.1, 0.15) is 0 Å². The lowest BCUT2D eigenvalue weighted by Crippen LogP contribution is -2.34. The van der Waals surface area contributed by atoms with Gasteiger partial charge < -0.3 is 5.32 Å². The number of rotatable bonds is 3. The average molecular weight is 391 g/mol. The Labute approximate surface area is 144 Å². The van der Waals surface area contributed by atoms with E-state index in [4.69, 9.17) is 0 Å². The van der Waals surface area contributed by atoms with Gasteiger partial charge in [0.15, 0.2) is 5.13 Å². The highest BCUT2D eigenvalue weighted by molar-refractivity contribution is 9.10. The number of hydrogen-bond acceptors (Lipinski definition) is 5. The summed E-state index contributed by atoms with van der Waals surface area (Å²) in [6.07, 6.45) is 3.27. The predicted octanol–water partition coefficient (Wildman–Crippen LogP) is 2.71. The molecule has 0 aliphatic carbocycles. The number of halogens is 1. The number of hydrogen-bond donors (Lipinski definition) is 2. The number of carbonyl (C=O) groups excluding carboxylic acids is 2. The lowest BCUT2D eigenvalue weighted by molar-refractivity contribution is -0.136. The van der Waals surface area contributed by atoms with Crippen molar-refractivity contribution in [3.63, 3.8) is 0 Å². The molecule has 0 radical (unpaired) electrons. The quantitative estimate of drug-likeness (QED) is 0.673. The smallest absolute Gasteiger partial charge is 0.315 e. The summed E-state index contributed by atoms with van der Waals surface area (Å²) in [6.45, 7) is 0.243. The van der Waals surface area contributed by atoms with Crippen molar-refractivity contribution in [1.29, 1.82) is 0 Å². The molecule has 3 aromatic rings. The molecule has 3 rings (SSSR count). The molecule has 8 heteroatoms. The monoisotopic (exact) mass is 390 g/mol. The Bertz CT molecular complexity index is 866. The number of fused-ring (bicyclic) bond motifs is 1. The van der Waals surface area contributed by atoms with Gasteiger partial charge in [-0.1, -0.05) is 33.3 Å². The molecule has 0 saturated carbocycles. The highest BCUT2D eigenvalue weighted by Crippen LogP contribution is 2.28. The maximum absolute atomic E-state index is 11.9. The third kappa shape index (κ3) is 3.91. The second-order valence-electron chi connectivity index (χ2n) is 4.63. The third-order valence-corrected chi connectivity index (χ3v) is 4.38. The van der Waals surface area contributed by atoms with E-state index >= 15 is 0 Å². The van der Waals surface area contributed by atoms with Crippen molar-refractivity contribution in [1.82, 2.24) is 15.3 Å². The van der Waals surface area contributed by atoms with Crippen molar-refractivity contribution < 1.29 is 9.59 Å². The highest BCUT2D eigenvalue weighted by Gasteiger charge is 2.15. The summed E-state index contributed by atoms with van der Waals surface area (Å²) in [6, 6.07) is 9.20. The molecule has 2 amide bonds. The van der Waals surface area contributed by atoms with Crippen LogP contribution >= 0.6 is 27.3 Å². The topological polar surface area (TPSA) is 84.0 Å². The van der Waals surface area contributed by atoms with E-state index in [2.05, 4.69) is 36.5 Å². The van der Waals surface area contributed by atoms with Gasteiger partial charge in [0.2, 0.25) is 0 Å². The number of carbonyl (C=O) groups is 2. The molecule has 0 saturated heterocycles. The van der Waals surface area contributed by atoms with Crippen LogP contribution in [0.15, 0.2) is 47.2 Å². The van der Waals surface area contributed by atoms with Gasteiger partial charge in [0, 0.05) is 23.4 Å². The van der Waals surface area contributed by atoms with Crippen LogP contribution in [0.1, 0.15) is 5.56 Å². The molecule has 0 fully saturated rings. The first-order valence-corrected chi connectivity index (χ1v) is 8.27. The van der Waals surface area contributed by atoms with Crippen LogP contribution in [0.4, 0.5) is 5.13 Å². The first kappa shape index (κ1) is 15.6. The van der Waals surface area contributed by atoms with Crippen molar-refractivity contribution in [3.8, 4) is 0 Å². The molecular weight excluding hydrogens is 380 g/mol. The van der Waals surface area contributed by atoms with Crippen LogP contribution in [-0.2, 0) is 16.1 Å². The van der Waals surface area contributed by atoms with Crippen molar-refractivity contribution in [2.75, 3.05) is 5.32 Å². The first-order valence-electron chi connectivity index (χ1n) is 6.66. The minimum Gasteiger partial charge on any atom is -0.344 e. The number of benzene rings is 1. The number of pyridine rings is 1. The number of nitrogens with zero attached hydrogens (tertiary/aromatic N) is 2. The molecule has 0 aliphatic rings. The Hall–Kier alpha value is -2.32. The molecule has 0 aliphatic heterocycles. The second kappa shape index (κ2) is 6.84. The van der Waals surface area contributed by atoms with Gasteiger partial charge in [0.25, 0.3) is 0 Å². The molecule has 0 bridgehead atoms. The van der Waals surface area contributed by atoms with E-state index in [1.807, 2.05) is 24.3 Å². The van der Waals surface area contributed by atoms with E-state index in [-0.39, 0.29) is 6.54 Å². The van der Waals surface area contributed by atoms with E-state index in [0.717, 1.165) is 20.3 Å². The van der Waals surface area contributed by atoms with Crippen LogP contribution in [0.2, 0.25) is 0 Å². The summed E-state index contributed by atoms with van der Waals surface area (Å²) in [7, 11) is 0. The summed E-state index contributed by atoms with van der Waals surface area (Å²) >= 11 is 4.69. The molecule has 1 aromatic carbocycles. The van der Waals surface area contributed by atoms with Crippen molar-refractivity contribution in [2.45, 2.75) is 6.54 Å². The van der Waals surface area contributed by atoms with Crippen molar-refractivity contribution in [3.05, 3.63) is 52.8 Å². The molecular formula is C15H11BrN4O2S. The number of thiazole rings is 1. The Morgan fingerprint density at radius 2 is 2.09 bits per heavy atom. The van der Waals surface area contributed by atoms with Crippen molar-refractivity contribution in [2.24, 2.45) is 0 Å². The normalized spacial score (nSPS) is 10.5. The minimum absolute atomic E-state index is 0.243. The van der Waals surface area contributed by atoms with E-state index in [1.54, 1.807) is 18.5 Å². The molecule has 116 valence electrons. The standard InChI is InChI=1S/C15H11BrN4O2S/c16-10-3-4-11-12(6-10)23-15(19-11)20-14(22)13(21)18-8-9-2-1-5-17-7-9/h1-7H,8H2,(H,18,21)(H,19,20,22). The van der Waals surface area contributed by atoms with Gasteiger partial charge in [-0.3, -0.25) is 19.9 Å². The predicted molar refractivity (Wildman–Crippen MR) is 92.0 cm³/mol. The summed E-state index contributed by atoms with van der Waals surface area (Å²) in [5.41, 5.74) is 1.59. The van der Waals surface area contributed by atoms with Gasteiger partial charge in [-0.05, 0) is 29.8 Å². The fourth-order valence-electron chi connectivity index (χ4n) is 1.87. The summed E-state index contributed by atoms with van der Waals surface area (Å²) in [5, 5.41) is 5.44. The average Bonchev–Trinajstić information content (AvgIpc) is 2.94. The van der Waals surface area contributed by atoms with Crippen LogP contribution in [-0.4, -0.2) is 21.8 Å². The first-order chi connectivity index (χ1) is 11.1. The largest absolute Gasteiger partial charge is 0.344 e. The molecule has 6 nitrogen and oxygen atoms in total. The number of nitrogens with one attached hydrogen (secondary N) is 2. The molecule has 2 N–H and O–H groups in total. The van der Waals surface area contributed by atoms with E-state index in [1.165, 1.54) is 11.3 Å². The van der Waals surface area contributed by atoms with E-state index < -0.39 is 11.8 Å². The van der Waals surface area contributed by atoms with Gasteiger partial charge in [-0.25, -0.2) is 4.98 Å². The van der Waals surface area contributed by atoms with Gasteiger partial charge >= 0.3 is 11.8 Å². The van der Waals surface area contributed by atoms with Gasteiger partial charge in [-0.15, -0.1) is 0 Å². The zero-order chi connectivity index (χ0) is 16.2. The summed E-state index contributed by atoms with van der Waals surface area (Å²) in [4.78, 5) is 31.9. The molecule has 2 heterocycles. The number of amides is 2. The summed E-state index contributed by atoms with van der Waals surface area (Å²) in [5.74, 6) is -1.46. The van der Waals surface area contributed by atoms with E-state index in [9.17, 15) is 9.59 Å². The van der Waals surface area contributed by atoms with Crippen molar-refractivity contribution >= 4 is 54.4 Å². The maximum atomic E-state index is 11.9. The van der Waals surface area contributed by atoms with Crippen LogP contribution in [0.25, 0.3) is 10.2 Å². The van der Waals surface area contributed by atoms with Crippen LogP contribution < -0.4 is 10.6 Å². The lowest BCUT2D eigenvalue weighted by atomic mass is 10.3. The van der Waals surface area contributed by atoms with Gasteiger partial charge in [-0.2, -0.15) is 0 Å². The number of aromatic nitrogens is 2. The summed E-state index contributed by atoms with van der Waals surface area (Å²) < 4.78 is 1.85. The van der Waals surface area contributed by atoms with Crippen LogP contribution in [0, 0.1) is 0 Å².